The highest BCUT2D eigenvalue weighted by molar-refractivity contribution is 7.99. The van der Waals surface area contributed by atoms with E-state index in [-0.39, 0.29) is 22.6 Å². The zero-order valence-electron chi connectivity index (χ0n) is 16.9. The average Bonchev–Trinajstić information content (AvgIpc) is 3.39. The summed E-state index contributed by atoms with van der Waals surface area (Å²) in [6, 6.07) is 12.2. The molecular formula is C21H18ClN7O2S. The van der Waals surface area contributed by atoms with Gasteiger partial charge in [0.05, 0.1) is 22.9 Å². The van der Waals surface area contributed by atoms with E-state index in [1.165, 1.54) is 17.8 Å². The van der Waals surface area contributed by atoms with E-state index in [1.807, 2.05) is 18.2 Å². The number of amides is 2. The van der Waals surface area contributed by atoms with Gasteiger partial charge in [0.25, 0.3) is 0 Å². The number of nitriles is 1. The summed E-state index contributed by atoms with van der Waals surface area (Å²) in [7, 11) is 0. The van der Waals surface area contributed by atoms with Crippen molar-refractivity contribution in [3.05, 3.63) is 59.0 Å². The molecule has 0 atom stereocenters. The first-order valence-corrected chi connectivity index (χ1v) is 11.2. The second-order valence-corrected chi connectivity index (χ2v) is 8.33. The standard InChI is InChI=1S/C21H18ClN7O2S/c22-16-10-15(7-6-14(16)11-23)25-19(30)13-32-21-27-26-18(12-28-9-3-5-20(28)31)29(21)17-4-1-2-8-24-17/h1-2,4,6-8,10H,3,5,9,12-13H2,(H,25,30). The number of nitrogens with one attached hydrogen (secondary N) is 1. The van der Waals surface area contributed by atoms with Crippen LogP contribution in [0.15, 0.2) is 47.8 Å². The van der Waals surface area contributed by atoms with Crippen molar-refractivity contribution in [3.63, 3.8) is 0 Å². The number of pyridine rings is 1. The van der Waals surface area contributed by atoms with Crippen LogP contribution < -0.4 is 5.32 Å². The molecule has 11 heteroatoms. The highest BCUT2D eigenvalue weighted by Crippen LogP contribution is 2.24. The number of hydrogen-bond donors (Lipinski definition) is 1. The number of aromatic nitrogens is 4. The topological polar surface area (TPSA) is 117 Å². The maximum atomic E-state index is 12.5. The number of likely N-dealkylation sites (tertiary alicyclic amines) is 1. The van der Waals surface area contributed by atoms with E-state index in [0.717, 1.165) is 6.42 Å². The lowest BCUT2D eigenvalue weighted by molar-refractivity contribution is -0.128. The lowest BCUT2D eigenvalue weighted by Crippen LogP contribution is -2.26. The van der Waals surface area contributed by atoms with Crippen molar-refractivity contribution >= 4 is 40.9 Å². The quantitative estimate of drug-likeness (QED) is 0.530. The first kappa shape index (κ1) is 21.8. The third-order valence-electron chi connectivity index (χ3n) is 4.79. The van der Waals surface area contributed by atoms with E-state index in [4.69, 9.17) is 16.9 Å². The molecule has 3 heterocycles. The van der Waals surface area contributed by atoms with Crippen molar-refractivity contribution in [2.45, 2.75) is 24.5 Å². The summed E-state index contributed by atoms with van der Waals surface area (Å²) < 4.78 is 1.77. The number of thioether (sulfide) groups is 1. The van der Waals surface area contributed by atoms with E-state index >= 15 is 0 Å². The smallest absolute Gasteiger partial charge is 0.234 e. The van der Waals surface area contributed by atoms with Crippen LogP contribution in [0.2, 0.25) is 5.02 Å². The Kier molecular flexibility index (Phi) is 6.68. The van der Waals surface area contributed by atoms with E-state index in [0.29, 0.717) is 47.6 Å². The SMILES string of the molecule is N#Cc1ccc(NC(=O)CSc2nnc(CN3CCCC3=O)n2-c2ccccn2)cc1Cl. The van der Waals surface area contributed by atoms with E-state index < -0.39 is 0 Å². The number of halogens is 1. The van der Waals surface area contributed by atoms with Gasteiger partial charge in [-0.05, 0) is 36.8 Å². The van der Waals surface area contributed by atoms with Gasteiger partial charge in [0.2, 0.25) is 11.8 Å². The van der Waals surface area contributed by atoms with Gasteiger partial charge in [-0.25, -0.2) is 4.98 Å². The summed E-state index contributed by atoms with van der Waals surface area (Å²) in [5.41, 5.74) is 0.838. The largest absolute Gasteiger partial charge is 0.335 e. The molecule has 2 aromatic heterocycles. The Balaban J connectivity index is 1.49. The maximum Gasteiger partial charge on any atom is 0.234 e. The fourth-order valence-corrected chi connectivity index (χ4v) is 4.25. The van der Waals surface area contributed by atoms with Crippen LogP contribution >= 0.6 is 23.4 Å². The van der Waals surface area contributed by atoms with E-state index in [9.17, 15) is 9.59 Å². The monoisotopic (exact) mass is 467 g/mol. The highest BCUT2D eigenvalue weighted by atomic mass is 35.5. The van der Waals surface area contributed by atoms with Crippen molar-refractivity contribution in [2.75, 3.05) is 17.6 Å². The first-order valence-electron chi connectivity index (χ1n) is 9.81. The second-order valence-electron chi connectivity index (χ2n) is 6.98. The Bertz CT molecular complexity index is 1190. The Morgan fingerprint density at radius 2 is 2.16 bits per heavy atom. The number of nitrogens with zero attached hydrogens (tertiary/aromatic N) is 6. The second kappa shape index (κ2) is 9.80. The van der Waals surface area contributed by atoms with Gasteiger partial charge in [0.1, 0.15) is 11.9 Å². The molecule has 0 bridgehead atoms. The highest BCUT2D eigenvalue weighted by Gasteiger charge is 2.24. The van der Waals surface area contributed by atoms with Crippen molar-refractivity contribution < 1.29 is 9.59 Å². The van der Waals surface area contributed by atoms with Crippen molar-refractivity contribution in [1.29, 1.82) is 5.26 Å². The Morgan fingerprint density at radius 1 is 1.28 bits per heavy atom. The molecule has 0 aliphatic carbocycles. The lowest BCUT2D eigenvalue weighted by atomic mass is 10.2. The molecule has 0 spiro atoms. The normalized spacial score (nSPS) is 13.2. The fourth-order valence-electron chi connectivity index (χ4n) is 3.26. The van der Waals surface area contributed by atoms with Crippen LogP contribution in [0, 0.1) is 11.3 Å². The predicted octanol–water partition coefficient (Wildman–Crippen LogP) is 3.04. The Hall–Kier alpha value is -3.42. The molecule has 1 aliphatic heterocycles. The van der Waals surface area contributed by atoms with E-state index in [1.54, 1.807) is 33.9 Å². The molecule has 0 radical (unpaired) electrons. The number of hydrogen-bond acceptors (Lipinski definition) is 7. The number of benzene rings is 1. The molecule has 3 aromatic rings. The fraction of sp³-hybridized carbons (Fsp3) is 0.238. The van der Waals surface area contributed by atoms with Crippen molar-refractivity contribution in [2.24, 2.45) is 0 Å². The Labute approximate surface area is 193 Å². The van der Waals surface area contributed by atoms with E-state index in [2.05, 4.69) is 20.5 Å². The van der Waals surface area contributed by atoms with Crippen LogP contribution in [0.25, 0.3) is 5.82 Å². The molecule has 1 fully saturated rings. The van der Waals surface area contributed by atoms with Crippen LogP contribution in [0.5, 0.6) is 0 Å². The van der Waals surface area contributed by atoms with Gasteiger partial charge in [-0.1, -0.05) is 29.4 Å². The van der Waals surface area contributed by atoms with Crippen molar-refractivity contribution in [3.8, 4) is 11.9 Å². The minimum absolute atomic E-state index is 0.0746. The average molecular weight is 468 g/mol. The molecule has 9 nitrogen and oxygen atoms in total. The van der Waals surface area contributed by atoms with Crippen LogP contribution in [0.1, 0.15) is 24.2 Å². The number of anilines is 1. The summed E-state index contributed by atoms with van der Waals surface area (Å²) in [4.78, 5) is 30.6. The van der Waals surface area contributed by atoms with Gasteiger partial charge in [-0.15, -0.1) is 10.2 Å². The molecule has 0 unspecified atom stereocenters. The summed E-state index contributed by atoms with van der Waals surface area (Å²) in [5, 5.41) is 21.0. The Morgan fingerprint density at radius 3 is 2.84 bits per heavy atom. The van der Waals surface area contributed by atoms with Gasteiger partial charge in [0.15, 0.2) is 11.0 Å². The third kappa shape index (κ3) is 4.90. The molecule has 1 aliphatic rings. The lowest BCUT2D eigenvalue weighted by Gasteiger charge is -2.16. The zero-order valence-corrected chi connectivity index (χ0v) is 18.4. The van der Waals surface area contributed by atoms with Gasteiger partial charge >= 0.3 is 0 Å². The molecule has 0 saturated carbocycles. The van der Waals surface area contributed by atoms with Crippen LogP contribution in [-0.2, 0) is 16.1 Å². The summed E-state index contributed by atoms with van der Waals surface area (Å²) in [5.74, 6) is 1.10. The summed E-state index contributed by atoms with van der Waals surface area (Å²) >= 11 is 7.23. The van der Waals surface area contributed by atoms with Crippen LogP contribution in [0.3, 0.4) is 0 Å². The third-order valence-corrected chi connectivity index (χ3v) is 6.03. The van der Waals surface area contributed by atoms with Crippen LogP contribution in [-0.4, -0.2) is 48.8 Å². The minimum Gasteiger partial charge on any atom is -0.335 e. The molecule has 162 valence electrons. The minimum atomic E-state index is -0.261. The molecule has 1 aromatic carbocycles. The van der Waals surface area contributed by atoms with Crippen molar-refractivity contribution in [1.82, 2.24) is 24.6 Å². The van der Waals surface area contributed by atoms with Gasteiger partial charge < -0.3 is 10.2 Å². The van der Waals surface area contributed by atoms with Gasteiger partial charge in [0, 0.05) is 24.8 Å². The first-order chi connectivity index (χ1) is 15.5. The number of carbonyl (C=O) groups excluding carboxylic acids is 2. The predicted molar refractivity (Wildman–Crippen MR) is 119 cm³/mol. The van der Waals surface area contributed by atoms with Gasteiger partial charge in [-0.2, -0.15) is 5.26 Å². The van der Waals surface area contributed by atoms with Crippen LogP contribution in [0.4, 0.5) is 5.69 Å². The molecule has 4 rings (SSSR count). The molecule has 1 N–H and O–H groups in total. The molecule has 32 heavy (non-hydrogen) atoms. The zero-order chi connectivity index (χ0) is 22.5. The molecular weight excluding hydrogens is 450 g/mol. The molecule has 2 amide bonds. The maximum absolute atomic E-state index is 12.5. The number of carbonyl (C=O) groups is 2. The molecule has 1 saturated heterocycles. The summed E-state index contributed by atoms with van der Waals surface area (Å²) in [6.45, 7) is 1.02. The van der Waals surface area contributed by atoms with Gasteiger partial charge in [-0.3, -0.25) is 14.2 Å². The number of rotatable bonds is 7. The summed E-state index contributed by atoms with van der Waals surface area (Å²) in [6.07, 6.45) is 3.03.